The summed E-state index contributed by atoms with van der Waals surface area (Å²) in [5.74, 6) is 0.000704. The molecule has 1 atom stereocenters. The van der Waals surface area contributed by atoms with Gasteiger partial charge in [-0.2, -0.15) is 18.4 Å². The Balaban J connectivity index is 0.789. The van der Waals surface area contributed by atoms with Crippen molar-refractivity contribution in [1.82, 2.24) is 25.1 Å². The third-order valence-corrected chi connectivity index (χ3v) is 13.9. The zero-order valence-electron chi connectivity index (χ0n) is 34.9. The zero-order valence-corrected chi connectivity index (χ0v) is 35.7. The number of aromatic nitrogens is 2. The molecule has 4 amide bonds. The maximum absolute atomic E-state index is 13.9. The average molecular weight is 882 g/mol. The van der Waals surface area contributed by atoms with Gasteiger partial charge in [0.2, 0.25) is 5.91 Å². The first-order valence-corrected chi connectivity index (χ1v) is 21.8. The highest BCUT2D eigenvalue weighted by Crippen LogP contribution is 2.48. The molecule has 1 unspecified atom stereocenters. The number of halogens is 3. The van der Waals surface area contributed by atoms with Gasteiger partial charge in [0.25, 0.3) is 17.7 Å². The first kappa shape index (κ1) is 42.4. The van der Waals surface area contributed by atoms with Crippen LogP contribution in [0.15, 0.2) is 61.1 Å². The topological polar surface area (TPSA) is 155 Å². The van der Waals surface area contributed by atoms with Crippen LogP contribution in [0.25, 0.3) is 0 Å². The van der Waals surface area contributed by atoms with Gasteiger partial charge in [0, 0.05) is 50.3 Å². The van der Waals surface area contributed by atoms with Crippen LogP contribution in [-0.2, 0) is 15.8 Å². The van der Waals surface area contributed by atoms with E-state index in [1.54, 1.807) is 29.3 Å². The molecule has 1 N–H and O–H groups in total. The summed E-state index contributed by atoms with van der Waals surface area (Å²) in [6.07, 6.45) is 4.03. The van der Waals surface area contributed by atoms with Crippen LogP contribution in [0.5, 0.6) is 5.75 Å². The van der Waals surface area contributed by atoms with E-state index < -0.39 is 52.6 Å². The second-order valence-electron chi connectivity index (χ2n) is 17.6. The first-order chi connectivity index (χ1) is 30.1. The molecular weight excluding hydrogens is 836 g/mol. The molecule has 5 fully saturated rings. The van der Waals surface area contributed by atoms with Crippen molar-refractivity contribution in [2.24, 2.45) is 5.92 Å². The molecule has 3 aromatic rings. The number of anilines is 3. The number of allylic oxidation sites excluding steroid dienone is 1. The van der Waals surface area contributed by atoms with Crippen LogP contribution in [0.1, 0.15) is 104 Å². The Morgan fingerprint density at radius 1 is 1.00 bits per heavy atom. The van der Waals surface area contributed by atoms with Crippen molar-refractivity contribution in [1.29, 1.82) is 5.26 Å². The summed E-state index contributed by atoms with van der Waals surface area (Å²) < 4.78 is 47.8. The van der Waals surface area contributed by atoms with Gasteiger partial charge in [0.1, 0.15) is 35.3 Å². The summed E-state index contributed by atoms with van der Waals surface area (Å²) >= 11 is 5.76. The SMILES string of the molecule is C=C1CCC(N2C(=O)c3ccc(OC4CC(N(CC5CCN(c6ccc(N7C(=S)N(c8cnc(C#N)c(C(F)(F)F)c8)C(=O)C78CCC8)cn6)CC5)C(C)C)C4)cc3C2=O)C(=O)N1. The summed E-state index contributed by atoms with van der Waals surface area (Å²) in [7, 11) is 0. The van der Waals surface area contributed by atoms with Crippen molar-refractivity contribution >= 4 is 58.2 Å². The van der Waals surface area contributed by atoms with Crippen molar-refractivity contribution in [2.75, 3.05) is 34.3 Å². The van der Waals surface area contributed by atoms with E-state index in [4.69, 9.17) is 21.9 Å². The number of imide groups is 1. The molecule has 6 aliphatic rings. The Morgan fingerprint density at radius 2 is 1.71 bits per heavy atom. The van der Waals surface area contributed by atoms with E-state index in [1.165, 1.54) is 6.07 Å². The summed E-state index contributed by atoms with van der Waals surface area (Å²) in [5, 5.41) is 11.9. The lowest BCUT2D eigenvalue weighted by Gasteiger charge is -2.46. The fraction of sp³-hybridized carbons (Fsp3) is 0.467. The smallest absolute Gasteiger partial charge is 0.419 e. The number of pyridine rings is 2. The van der Waals surface area contributed by atoms with Crippen LogP contribution in [0.2, 0.25) is 0 Å². The van der Waals surface area contributed by atoms with E-state index in [2.05, 4.69) is 40.5 Å². The molecule has 18 heteroatoms. The van der Waals surface area contributed by atoms with Crippen molar-refractivity contribution in [2.45, 2.75) is 108 Å². The summed E-state index contributed by atoms with van der Waals surface area (Å²) in [6.45, 7) is 10.8. The number of amides is 4. The number of nitriles is 1. The van der Waals surface area contributed by atoms with Gasteiger partial charge in [0.05, 0.1) is 40.5 Å². The monoisotopic (exact) mass is 881 g/mol. The quantitative estimate of drug-likeness (QED) is 0.178. The Hall–Kier alpha value is -5.93. The molecule has 6 heterocycles. The number of nitrogens with one attached hydrogen (secondary N) is 1. The van der Waals surface area contributed by atoms with E-state index in [9.17, 15) is 37.6 Å². The summed E-state index contributed by atoms with van der Waals surface area (Å²) in [4.78, 5) is 70.2. The lowest BCUT2D eigenvalue weighted by atomic mass is 9.75. The van der Waals surface area contributed by atoms with Gasteiger partial charge >= 0.3 is 6.18 Å². The van der Waals surface area contributed by atoms with Gasteiger partial charge in [-0.05, 0) is 113 Å². The fourth-order valence-corrected chi connectivity index (χ4v) is 10.4. The van der Waals surface area contributed by atoms with Crippen LogP contribution >= 0.6 is 12.2 Å². The molecule has 3 saturated heterocycles. The van der Waals surface area contributed by atoms with Crippen LogP contribution in [-0.4, -0.2) is 97.9 Å². The highest BCUT2D eigenvalue weighted by Gasteiger charge is 2.60. The summed E-state index contributed by atoms with van der Waals surface area (Å²) in [5.41, 5.74) is -1.50. The van der Waals surface area contributed by atoms with Crippen molar-refractivity contribution in [3.63, 3.8) is 0 Å². The number of hydrogen-bond donors (Lipinski definition) is 1. The maximum Gasteiger partial charge on any atom is 0.419 e. The van der Waals surface area contributed by atoms with Gasteiger partial charge in [0.15, 0.2) is 10.8 Å². The zero-order chi connectivity index (χ0) is 44.5. The molecule has 1 spiro atoms. The first-order valence-electron chi connectivity index (χ1n) is 21.4. The molecule has 0 bridgehead atoms. The Morgan fingerprint density at radius 3 is 2.33 bits per heavy atom. The number of benzene rings is 1. The number of thiocarbonyl (C=S) groups is 1. The minimum atomic E-state index is -4.84. The van der Waals surface area contributed by atoms with Gasteiger partial charge in [-0.15, -0.1) is 0 Å². The molecule has 4 aliphatic heterocycles. The average Bonchev–Trinajstić information content (AvgIpc) is 3.62. The number of piperidine rings is 2. The van der Waals surface area contributed by atoms with Crippen LogP contribution in [0.3, 0.4) is 0 Å². The second-order valence-corrected chi connectivity index (χ2v) is 18.0. The molecule has 14 nitrogen and oxygen atoms in total. The number of carbonyl (C=O) groups is 4. The normalized spacial score (nSPS) is 23.7. The Labute approximate surface area is 367 Å². The van der Waals surface area contributed by atoms with Crippen molar-refractivity contribution in [3.05, 3.63) is 83.5 Å². The third-order valence-electron chi connectivity index (χ3n) is 13.6. The molecule has 2 aliphatic carbocycles. The number of rotatable bonds is 10. The fourth-order valence-electron chi connectivity index (χ4n) is 9.91. The lowest BCUT2D eigenvalue weighted by Crippen LogP contribution is -2.55. The predicted molar refractivity (Wildman–Crippen MR) is 229 cm³/mol. The largest absolute Gasteiger partial charge is 0.490 e. The molecule has 63 heavy (non-hydrogen) atoms. The molecular formula is C45H46F3N9O5S. The number of nitrogens with zero attached hydrogens (tertiary/aromatic N) is 8. The second kappa shape index (κ2) is 16.0. The van der Waals surface area contributed by atoms with Crippen LogP contribution in [0.4, 0.5) is 30.4 Å². The van der Waals surface area contributed by atoms with Gasteiger partial charge < -0.3 is 19.9 Å². The third kappa shape index (κ3) is 7.38. The van der Waals surface area contributed by atoms with Gasteiger partial charge in [-0.25, -0.2) is 9.97 Å². The highest BCUT2D eigenvalue weighted by molar-refractivity contribution is 7.81. The van der Waals surface area contributed by atoms with E-state index >= 15 is 0 Å². The van der Waals surface area contributed by atoms with Gasteiger partial charge in [-0.3, -0.25) is 33.9 Å². The van der Waals surface area contributed by atoms with Crippen LogP contribution < -0.4 is 24.8 Å². The van der Waals surface area contributed by atoms with E-state index in [-0.39, 0.29) is 28.0 Å². The maximum atomic E-state index is 13.9. The minimum absolute atomic E-state index is 0.0332. The van der Waals surface area contributed by atoms with E-state index in [1.807, 2.05) is 12.1 Å². The highest BCUT2D eigenvalue weighted by atomic mass is 32.1. The number of hydrogen-bond acceptors (Lipinski definition) is 11. The molecule has 9 rings (SSSR count). The molecule has 2 saturated carbocycles. The van der Waals surface area contributed by atoms with E-state index in [0.717, 1.165) is 79.6 Å². The Bertz CT molecular complexity index is 2460. The van der Waals surface area contributed by atoms with Crippen molar-refractivity contribution < 1.29 is 37.1 Å². The Kier molecular flexibility index (Phi) is 10.8. The lowest BCUT2D eigenvalue weighted by molar-refractivity contribution is -0.138. The minimum Gasteiger partial charge on any atom is -0.490 e. The number of ether oxygens (including phenoxy) is 1. The summed E-state index contributed by atoms with van der Waals surface area (Å²) in [6, 6.07) is 10.7. The van der Waals surface area contributed by atoms with Gasteiger partial charge in [-0.1, -0.05) is 6.58 Å². The molecule has 2 aromatic heterocycles. The molecule has 1 aromatic carbocycles. The molecule has 328 valence electrons. The standard InChI is InChI=1S/C45H46F3N9O5S/c1-25(2)54(29-17-32(18-29)62-31-7-8-33-34(20-31)41(60)56(40(33)59)37-9-5-26(3)52-39(37)58)24-27-11-15-53(16-12-27)38-10-6-28(22-51-38)57-43(63)55(42(61)44(57)13-4-14-44)30-19-35(45(46,47)48)36(21-49)50-23-30/h6-8,10,19-20,22-23,25,27,29,32,37H,3-5,9,11-18,24H2,1-2H3,(H,52,58). The number of carbonyl (C=O) groups excluding carboxylic acids is 4. The molecule has 0 radical (unpaired) electrons. The van der Waals surface area contributed by atoms with Crippen molar-refractivity contribution in [3.8, 4) is 11.8 Å². The van der Waals surface area contributed by atoms with Crippen LogP contribution in [0, 0.1) is 17.2 Å². The predicted octanol–water partition coefficient (Wildman–Crippen LogP) is 6.35. The number of fused-ring (bicyclic) bond motifs is 1. The number of alkyl halides is 3. The van der Waals surface area contributed by atoms with E-state index in [0.29, 0.717) is 60.8 Å².